The highest BCUT2D eigenvalue weighted by Crippen LogP contribution is 2.65. The molecule has 0 aliphatic carbocycles. The molecular weight excluding hydrogens is 155 g/mol. The quantitative estimate of drug-likeness (QED) is 0.454. The van der Waals surface area contributed by atoms with Crippen molar-refractivity contribution >= 4 is 29.1 Å². The van der Waals surface area contributed by atoms with Gasteiger partial charge in [0.05, 0.1) is 0 Å². The third-order valence-electron chi connectivity index (χ3n) is 0.832. The molecule has 3 heteroatoms. The van der Waals surface area contributed by atoms with Crippen LogP contribution in [-0.4, -0.2) is 17.7 Å². The number of rotatable bonds is 2. The molecule has 0 aromatic carbocycles. The molecule has 0 saturated carbocycles. The van der Waals surface area contributed by atoms with E-state index in [0.717, 1.165) is 0 Å². The second-order valence-corrected chi connectivity index (χ2v) is 8.72. The smallest absolute Gasteiger partial charge is 0.0161 e. The first kappa shape index (κ1) is 6.98. The van der Waals surface area contributed by atoms with E-state index in [1.54, 1.807) is 0 Å². The van der Waals surface area contributed by atoms with Gasteiger partial charge in [0.1, 0.15) is 0 Å². The third kappa shape index (κ3) is 2.00. The Morgan fingerprint density at radius 2 is 2.12 bits per heavy atom. The van der Waals surface area contributed by atoms with Crippen LogP contribution in [-0.2, 0) is 0 Å². The molecule has 1 fully saturated rings. The standard InChI is InChI=1S/C5H9PS2/c1-2-3-6-7-4-5-8-6/h2H,1,3-5H2. The average Bonchev–Trinajstić information content (AvgIpc) is 2.19. The highest BCUT2D eigenvalue weighted by Gasteiger charge is 2.13. The van der Waals surface area contributed by atoms with Crippen molar-refractivity contribution in [1.29, 1.82) is 0 Å². The van der Waals surface area contributed by atoms with Gasteiger partial charge in [-0.15, -0.1) is 29.3 Å². The van der Waals surface area contributed by atoms with E-state index in [9.17, 15) is 0 Å². The Kier molecular flexibility index (Phi) is 3.33. The predicted octanol–water partition coefficient (Wildman–Crippen LogP) is 2.96. The molecule has 0 radical (unpaired) electrons. The van der Waals surface area contributed by atoms with Crippen LogP contribution in [0.5, 0.6) is 0 Å². The molecule has 0 aromatic heterocycles. The second kappa shape index (κ2) is 3.81. The first-order valence-corrected chi connectivity index (χ1v) is 7.28. The first-order valence-electron chi connectivity index (χ1n) is 2.58. The van der Waals surface area contributed by atoms with Gasteiger partial charge in [-0.05, 0) is 0 Å². The van der Waals surface area contributed by atoms with Gasteiger partial charge in [0.15, 0.2) is 0 Å². The van der Waals surface area contributed by atoms with E-state index >= 15 is 0 Å². The Morgan fingerprint density at radius 3 is 2.62 bits per heavy atom. The summed E-state index contributed by atoms with van der Waals surface area (Å²) in [5, 5.41) is 0. The topological polar surface area (TPSA) is 0 Å². The van der Waals surface area contributed by atoms with Crippen LogP contribution >= 0.6 is 29.1 Å². The molecule has 8 heavy (non-hydrogen) atoms. The predicted molar refractivity (Wildman–Crippen MR) is 46.9 cm³/mol. The van der Waals surface area contributed by atoms with Crippen LogP contribution in [0.2, 0.25) is 0 Å². The summed E-state index contributed by atoms with van der Waals surface area (Å²) in [6, 6.07) is 0. The van der Waals surface area contributed by atoms with Gasteiger partial charge in [-0.1, -0.05) is 6.08 Å². The number of allylic oxidation sites excluding steroid dienone is 1. The Balaban J connectivity index is 2.14. The van der Waals surface area contributed by atoms with Crippen LogP contribution in [0.3, 0.4) is 0 Å². The van der Waals surface area contributed by atoms with E-state index < -0.39 is 0 Å². The Bertz CT molecular complexity index is 78.5. The molecule has 1 aliphatic rings. The number of hydrogen-bond donors (Lipinski definition) is 0. The van der Waals surface area contributed by atoms with Crippen LogP contribution in [0.15, 0.2) is 12.7 Å². The summed E-state index contributed by atoms with van der Waals surface area (Å²) in [5.41, 5.74) is 0. The maximum Gasteiger partial charge on any atom is 0.0161 e. The van der Waals surface area contributed by atoms with Crippen molar-refractivity contribution in [3.05, 3.63) is 12.7 Å². The molecule has 1 aliphatic heterocycles. The summed E-state index contributed by atoms with van der Waals surface area (Å²) < 4.78 is 0. The lowest BCUT2D eigenvalue weighted by Crippen LogP contribution is -1.64. The summed E-state index contributed by atoms with van der Waals surface area (Å²) >= 11 is 4.25. The second-order valence-electron chi connectivity index (χ2n) is 1.47. The van der Waals surface area contributed by atoms with E-state index in [2.05, 4.69) is 29.3 Å². The number of hydrogen-bond acceptors (Lipinski definition) is 2. The van der Waals surface area contributed by atoms with Gasteiger partial charge in [-0.3, -0.25) is 0 Å². The van der Waals surface area contributed by atoms with Crippen LogP contribution in [0, 0.1) is 0 Å². The molecule has 0 atom stereocenters. The zero-order valence-corrected chi connectivity index (χ0v) is 7.20. The molecule has 0 N–H and O–H groups in total. The third-order valence-corrected chi connectivity index (χ3v) is 8.61. The molecule has 46 valence electrons. The zero-order valence-electron chi connectivity index (χ0n) is 4.67. The molecule has 0 bridgehead atoms. The van der Waals surface area contributed by atoms with Crippen molar-refractivity contribution in [3.63, 3.8) is 0 Å². The Morgan fingerprint density at radius 1 is 1.50 bits per heavy atom. The van der Waals surface area contributed by atoms with Crippen molar-refractivity contribution in [2.24, 2.45) is 0 Å². The summed E-state index contributed by atoms with van der Waals surface area (Å²) in [6.07, 6.45) is 3.55. The van der Waals surface area contributed by atoms with Gasteiger partial charge in [0.25, 0.3) is 0 Å². The molecule has 0 amide bonds. The largest absolute Gasteiger partial charge is 0.122 e. The van der Waals surface area contributed by atoms with E-state index in [0.29, 0.717) is 0 Å². The van der Waals surface area contributed by atoms with Crippen molar-refractivity contribution in [2.75, 3.05) is 17.7 Å². The van der Waals surface area contributed by atoms with Crippen LogP contribution < -0.4 is 0 Å². The summed E-state index contributed by atoms with van der Waals surface area (Å²) in [5.74, 6) is 2.73. The molecule has 0 nitrogen and oxygen atoms in total. The Labute approximate surface area is 59.7 Å². The first-order chi connectivity index (χ1) is 3.93. The fraction of sp³-hybridized carbons (Fsp3) is 0.600. The lowest BCUT2D eigenvalue weighted by Gasteiger charge is -2.00. The highest BCUT2D eigenvalue weighted by atomic mass is 33.1. The van der Waals surface area contributed by atoms with E-state index in [1.807, 2.05) is 6.08 Å². The minimum Gasteiger partial charge on any atom is -0.122 e. The van der Waals surface area contributed by atoms with Crippen molar-refractivity contribution in [3.8, 4) is 0 Å². The molecule has 1 saturated heterocycles. The highest BCUT2D eigenvalue weighted by molar-refractivity contribution is 8.89. The van der Waals surface area contributed by atoms with Gasteiger partial charge >= 0.3 is 0 Å². The van der Waals surface area contributed by atoms with Gasteiger partial charge in [0.2, 0.25) is 0 Å². The zero-order chi connectivity index (χ0) is 5.82. The summed E-state index contributed by atoms with van der Waals surface area (Å²) in [4.78, 5) is 0. The van der Waals surface area contributed by atoms with Gasteiger partial charge in [-0.25, -0.2) is 0 Å². The SMILES string of the molecule is C=CCP1SCCS1. The molecular formula is C5H9PS2. The molecule has 1 rings (SSSR count). The van der Waals surface area contributed by atoms with Crippen molar-refractivity contribution in [1.82, 2.24) is 0 Å². The summed E-state index contributed by atoms with van der Waals surface area (Å²) in [7, 11) is 0. The van der Waals surface area contributed by atoms with E-state index in [4.69, 9.17) is 0 Å². The fourth-order valence-corrected chi connectivity index (χ4v) is 8.09. The van der Waals surface area contributed by atoms with Gasteiger partial charge in [-0.2, -0.15) is 0 Å². The lowest BCUT2D eigenvalue weighted by atomic mass is 10.8. The van der Waals surface area contributed by atoms with Crippen LogP contribution in [0.25, 0.3) is 0 Å². The fourth-order valence-electron chi connectivity index (χ4n) is 0.526. The van der Waals surface area contributed by atoms with Crippen molar-refractivity contribution in [2.45, 2.75) is 0 Å². The van der Waals surface area contributed by atoms with Crippen molar-refractivity contribution < 1.29 is 0 Å². The van der Waals surface area contributed by atoms with Gasteiger partial charge in [0, 0.05) is 24.0 Å². The average molecular weight is 164 g/mol. The maximum absolute atomic E-state index is 3.71. The monoisotopic (exact) mass is 164 g/mol. The molecule has 0 aromatic rings. The molecule has 1 heterocycles. The normalized spacial score (nSPS) is 21.5. The Hall–Kier alpha value is 0.870. The van der Waals surface area contributed by atoms with Crippen LogP contribution in [0.4, 0.5) is 0 Å². The van der Waals surface area contributed by atoms with E-state index in [1.165, 1.54) is 17.7 Å². The minimum atomic E-state index is 0.270. The maximum atomic E-state index is 3.71. The van der Waals surface area contributed by atoms with Gasteiger partial charge < -0.3 is 0 Å². The summed E-state index contributed by atoms with van der Waals surface area (Å²) in [6.45, 7) is 3.71. The van der Waals surface area contributed by atoms with Crippen LogP contribution in [0.1, 0.15) is 0 Å². The lowest BCUT2D eigenvalue weighted by molar-refractivity contribution is 1.59. The van der Waals surface area contributed by atoms with E-state index in [-0.39, 0.29) is 6.33 Å². The molecule has 0 spiro atoms. The minimum absolute atomic E-state index is 0.270. The molecule has 0 unspecified atom stereocenters.